The summed E-state index contributed by atoms with van der Waals surface area (Å²) in [5, 5.41) is 3.78. The van der Waals surface area contributed by atoms with E-state index in [4.69, 9.17) is 0 Å². The van der Waals surface area contributed by atoms with Crippen molar-refractivity contribution in [3.63, 3.8) is 0 Å². The quantitative estimate of drug-likeness (QED) is 0.883. The summed E-state index contributed by atoms with van der Waals surface area (Å²) in [5.74, 6) is 1.04. The van der Waals surface area contributed by atoms with Crippen LogP contribution in [0, 0.1) is 19.8 Å². The van der Waals surface area contributed by atoms with Gasteiger partial charge in [0.25, 0.3) is 0 Å². The summed E-state index contributed by atoms with van der Waals surface area (Å²) >= 11 is 1.33. The number of aryl methyl sites for hydroxylation is 3. The second-order valence-corrected chi connectivity index (χ2v) is 5.81. The van der Waals surface area contributed by atoms with Gasteiger partial charge in [-0.3, -0.25) is 4.79 Å². The molecule has 0 radical (unpaired) electrons. The third kappa shape index (κ3) is 2.53. The van der Waals surface area contributed by atoms with Crippen molar-refractivity contribution >= 4 is 22.4 Å². The number of hydrogen-bond donors (Lipinski definition) is 2. The molecule has 1 aliphatic carbocycles. The predicted molar refractivity (Wildman–Crippen MR) is 74.3 cm³/mol. The maximum Gasteiger partial charge on any atom is 0.228 e. The average Bonchev–Trinajstić information content (AvgIpc) is 2.93. The molecule has 2 aromatic rings. The van der Waals surface area contributed by atoms with E-state index in [2.05, 4.69) is 19.7 Å². The Balaban J connectivity index is 1.69. The van der Waals surface area contributed by atoms with Crippen LogP contribution in [0.5, 0.6) is 0 Å². The van der Waals surface area contributed by atoms with Crippen molar-refractivity contribution in [2.45, 2.75) is 33.1 Å². The first-order valence-corrected chi connectivity index (χ1v) is 7.17. The van der Waals surface area contributed by atoms with Gasteiger partial charge >= 0.3 is 0 Å². The zero-order valence-corrected chi connectivity index (χ0v) is 11.8. The van der Waals surface area contributed by atoms with Gasteiger partial charge in [0.1, 0.15) is 10.8 Å². The SMILES string of the molecule is Cc1cc(NC(=O)[C@H]2CCc3nc(C)[nH]c3C2)sn1. The number of carbonyl (C=O) groups excluding carboxylic acids is 1. The molecule has 0 aromatic carbocycles. The lowest BCUT2D eigenvalue weighted by molar-refractivity contribution is -0.120. The molecule has 19 heavy (non-hydrogen) atoms. The number of carbonyl (C=O) groups is 1. The molecule has 0 bridgehead atoms. The molecule has 100 valence electrons. The smallest absolute Gasteiger partial charge is 0.228 e. The number of aromatic nitrogens is 3. The van der Waals surface area contributed by atoms with Gasteiger partial charge < -0.3 is 10.3 Å². The Hall–Kier alpha value is -1.69. The minimum absolute atomic E-state index is 0.0229. The van der Waals surface area contributed by atoms with Crippen LogP contribution in [-0.4, -0.2) is 20.2 Å². The van der Waals surface area contributed by atoms with Crippen LogP contribution in [-0.2, 0) is 17.6 Å². The highest BCUT2D eigenvalue weighted by atomic mass is 32.1. The van der Waals surface area contributed by atoms with E-state index in [0.29, 0.717) is 0 Å². The van der Waals surface area contributed by atoms with E-state index in [9.17, 15) is 4.79 Å². The van der Waals surface area contributed by atoms with Crippen LogP contribution in [0.1, 0.15) is 29.3 Å². The van der Waals surface area contributed by atoms with Crippen molar-refractivity contribution in [1.82, 2.24) is 14.3 Å². The summed E-state index contributed by atoms with van der Waals surface area (Å²) < 4.78 is 4.16. The Morgan fingerprint density at radius 3 is 3.11 bits per heavy atom. The normalized spacial score (nSPS) is 18.1. The Bertz CT molecular complexity index is 616. The Morgan fingerprint density at radius 2 is 2.37 bits per heavy atom. The molecule has 1 atom stereocenters. The van der Waals surface area contributed by atoms with Crippen LogP contribution in [0.4, 0.5) is 5.00 Å². The second kappa shape index (κ2) is 4.77. The molecule has 1 aliphatic rings. The van der Waals surface area contributed by atoms with Gasteiger partial charge in [0, 0.05) is 18.0 Å². The first-order chi connectivity index (χ1) is 9.11. The predicted octanol–water partition coefficient (Wildman–Crippen LogP) is 2.23. The first kappa shape index (κ1) is 12.3. The van der Waals surface area contributed by atoms with Gasteiger partial charge in [-0.25, -0.2) is 4.98 Å². The number of rotatable bonds is 2. The monoisotopic (exact) mass is 276 g/mol. The van der Waals surface area contributed by atoms with Gasteiger partial charge in [0.2, 0.25) is 5.91 Å². The Labute approximate surface area is 115 Å². The number of aromatic amines is 1. The summed E-state index contributed by atoms with van der Waals surface area (Å²) in [6.07, 6.45) is 2.49. The van der Waals surface area contributed by atoms with E-state index in [1.165, 1.54) is 11.5 Å². The fourth-order valence-electron chi connectivity index (χ4n) is 2.49. The molecular weight excluding hydrogens is 260 g/mol. The van der Waals surface area contributed by atoms with Crippen molar-refractivity contribution in [2.24, 2.45) is 5.92 Å². The molecule has 0 saturated heterocycles. The molecule has 2 heterocycles. The molecule has 2 N–H and O–H groups in total. The summed E-state index contributed by atoms with van der Waals surface area (Å²) in [6.45, 7) is 3.87. The lowest BCUT2D eigenvalue weighted by Gasteiger charge is -2.20. The summed E-state index contributed by atoms with van der Waals surface area (Å²) in [6, 6.07) is 1.90. The maximum absolute atomic E-state index is 12.2. The van der Waals surface area contributed by atoms with Gasteiger partial charge in [-0.15, -0.1) is 0 Å². The topological polar surface area (TPSA) is 70.7 Å². The minimum Gasteiger partial charge on any atom is -0.346 e. The number of H-pyrrole nitrogens is 1. The Kier molecular flexibility index (Phi) is 3.10. The molecule has 0 aliphatic heterocycles. The third-order valence-electron chi connectivity index (χ3n) is 3.41. The number of nitrogens with one attached hydrogen (secondary N) is 2. The molecule has 5 nitrogen and oxygen atoms in total. The largest absolute Gasteiger partial charge is 0.346 e. The summed E-state index contributed by atoms with van der Waals surface area (Å²) in [7, 11) is 0. The fraction of sp³-hybridized carbons (Fsp3) is 0.462. The van der Waals surface area contributed by atoms with Crippen molar-refractivity contribution in [3.05, 3.63) is 29.0 Å². The molecule has 3 rings (SSSR count). The lowest BCUT2D eigenvalue weighted by Crippen LogP contribution is -2.27. The molecule has 6 heteroatoms. The Morgan fingerprint density at radius 1 is 1.53 bits per heavy atom. The highest BCUT2D eigenvalue weighted by Crippen LogP contribution is 2.25. The van der Waals surface area contributed by atoms with Crippen LogP contribution in [0.3, 0.4) is 0 Å². The molecule has 2 aromatic heterocycles. The second-order valence-electron chi connectivity index (χ2n) is 5.01. The van der Waals surface area contributed by atoms with Crippen LogP contribution >= 0.6 is 11.5 Å². The third-order valence-corrected chi connectivity index (χ3v) is 4.20. The van der Waals surface area contributed by atoms with Crippen LogP contribution in [0.15, 0.2) is 6.07 Å². The summed E-state index contributed by atoms with van der Waals surface area (Å²) in [4.78, 5) is 19.9. The van der Waals surface area contributed by atoms with Gasteiger partial charge in [0.15, 0.2) is 0 Å². The van der Waals surface area contributed by atoms with E-state index in [1.54, 1.807) is 0 Å². The van der Waals surface area contributed by atoms with E-state index in [1.807, 2.05) is 19.9 Å². The van der Waals surface area contributed by atoms with Gasteiger partial charge in [-0.2, -0.15) is 4.37 Å². The highest BCUT2D eigenvalue weighted by molar-refractivity contribution is 7.10. The van der Waals surface area contributed by atoms with Crippen LogP contribution < -0.4 is 5.32 Å². The molecule has 0 unspecified atom stereocenters. The van der Waals surface area contributed by atoms with Gasteiger partial charge in [-0.1, -0.05) is 0 Å². The van der Waals surface area contributed by atoms with Crippen molar-refractivity contribution in [2.75, 3.05) is 5.32 Å². The van der Waals surface area contributed by atoms with E-state index in [-0.39, 0.29) is 11.8 Å². The van der Waals surface area contributed by atoms with E-state index in [0.717, 1.165) is 47.2 Å². The number of imidazole rings is 1. The van der Waals surface area contributed by atoms with Crippen molar-refractivity contribution in [3.8, 4) is 0 Å². The molecule has 0 fully saturated rings. The zero-order chi connectivity index (χ0) is 13.4. The molecular formula is C13H16N4OS. The molecule has 1 amide bonds. The van der Waals surface area contributed by atoms with E-state index < -0.39 is 0 Å². The minimum atomic E-state index is 0.0229. The summed E-state index contributed by atoms with van der Waals surface area (Å²) in [5.41, 5.74) is 3.18. The fourth-order valence-corrected chi connectivity index (χ4v) is 3.16. The van der Waals surface area contributed by atoms with Crippen molar-refractivity contribution in [1.29, 1.82) is 0 Å². The van der Waals surface area contributed by atoms with Crippen LogP contribution in [0.25, 0.3) is 0 Å². The first-order valence-electron chi connectivity index (χ1n) is 6.40. The van der Waals surface area contributed by atoms with Gasteiger partial charge in [0.05, 0.1) is 11.4 Å². The molecule has 0 spiro atoms. The number of amides is 1. The van der Waals surface area contributed by atoms with Gasteiger partial charge in [-0.05, 0) is 44.3 Å². The zero-order valence-electron chi connectivity index (χ0n) is 11.0. The number of nitrogens with zero attached hydrogens (tertiary/aromatic N) is 2. The highest BCUT2D eigenvalue weighted by Gasteiger charge is 2.27. The van der Waals surface area contributed by atoms with Crippen molar-refractivity contribution < 1.29 is 4.79 Å². The number of fused-ring (bicyclic) bond motifs is 1. The number of anilines is 1. The standard InChI is InChI=1S/C13H16N4OS/c1-7-5-12(19-17-7)16-13(18)9-3-4-10-11(6-9)15-8(2)14-10/h5,9H,3-4,6H2,1-2H3,(H,14,15)(H,16,18)/t9-/m0/s1. The lowest BCUT2D eigenvalue weighted by atomic mass is 9.89. The molecule has 0 saturated carbocycles. The van der Waals surface area contributed by atoms with Crippen LogP contribution in [0.2, 0.25) is 0 Å². The van der Waals surface area contributed by atoms with E-state index >= 15 is 0 Å². The maximum atomic E-state index is 12.2. The average molecular weight is 276 g/mol. The number of hydrogen-bond acceptors (Lipinski definition) is 4.